The fourth-order valence-corrected chi connectivity index (χ4v) is 4.33. The number of amidine groups is 1. The fraction of sp³-hybridized carbons (Fsp3) is 0.391. The second-order valence-electron chi connectivity index (χ2n) is 7.68. The van der Waals surface area contributed by atoms with Crippen molar-refractivity contribution in [2.24, 2.45) is 9.98 Å². The number of hydrogen-bond donors (Lipinski definition) is 1. The molecule has 0 aliphatic carbocycles. The van der Waals surface area contributed by atoms with E-state index in [1.54, 1.807) is 31.3 Å². The Hall–Kier alpha value is -2.45. The number of halogens is 2. The average molecular weight is 489 g/mol. The largest absolute Gasteiger partial charge is 0.486 e. The molecule has 1 unspecified atom stereocenters. The number of ether oxygens (including phenoxy) is 2. The van der Waals surface area contributed by atoms with Crippen molar-refractivity contribution in [1.29, 1.82) is 0 Å². The minimum Gasteiger partial charge on any atom is -0.486 e. The van der Waals surface area contributed by atoms with Gasteiger partial charge < -0.3 is 14.8 Å². The Morgan fingerprint density at radius 2 is 2.06 bits per heavy atom. The van der Waals surface area contributed by atoms with E-state index in [0.717, 1.165) is 19.6 Å². The third kappa shape index (κ3) is 4.91. The van der Waals surface area contributed by atoms with Crippen molar-refractivity contribution in [3.63, 3.8) is 0 Å². The molecule has 2 aliphatic rings. The average Bonchev–Trinajstić information content (AvgIpc) is 2.80. The maximum atomic E-state index is 14.5. The third-order valence-electron chi connectivity index (χ3n) is 5.54. The van der Waals surface area contributed by atoms with Gasteiger partial charge in [-0.05, 0) is 66.8 Å². The second kappa shape index (κ2) is 9.78. The molecule has 31 heavy (non-hydrogen) atoms. The number of hydrogen-bond acceptors (Lipinski definition) is 5. The number of nitrogens with one attached hydrogen (secondary N) is 1. The Labute approximate surface area is 190 Å². The van der Waals surface area contributed by atoms with Crippen molar-refractivity contribution in [3.05, 3.63) is 46.2 Å². The van der Waals surface area contributed by atoms with Gasteiger partial charge in [-0.3, -0.25) is 14.9 Å². The number of nitrogens with zero attached hydrogens (tertiary/aromatic N) is 3. The Balaban J connectivity index is 1.58. The van der Waals surface area contributed by atoms with Crippen LogP contribution in [0, 0.1) is 5.82 Å². The van der Waals surface area contributed by atoms with Crippen LogP contribution in [0.5, 0.6) is 11.5 Å². The summed E-state index contributed by atoms with van der Waals surface area (Å²) in [5.41, 5.74) is 1.56. The van der Waals surface area contributed by atoms with Gasteiger partial charge in [0, 0.05) is 25.2 Å². The zero-order chi connectivity index (χ0) is 21.8. The second-order valence-corrected chi connectivity index (χ2v) is 8.54. The van der Waals surface area contributed by atoms with Crippen LogP contribution >= 0.6 is 15.9 Å². The van der Waals surface area contributed by atoms with Crippen LogP contribution in [0.1, 0.15) is 24.8 Å². The summed E-state index contributed by atoms with van der Waals surface area (Å²) < 4.78 is 27.1. The van der Waals surface area contributed by atoms with Crippen molar-refractivity contribution in [1.82, 2.24) is 4.90 Å². The molecule has 2 heterocycles. The molecular weight excluding hydrogens is 463 g/mol. The Kier molecular flexibility index (Phi) is 6.87. The van der Waals surface area contributed by atoms with Crippen molar-refractivity contribution < 1.29 is 13.9 Å². The van der Waals surface area contributed by atoms with E-state index in [2.05, 4.69) is 42.8 Å². The van der Waals surface area contributed by atoms with Crippen LogP contribution in [0.25, 0.3) is 0 Å². The summed E-state index contributed by atoms with van der Waals surface area (Å²) in [6.07, 6.45) is 3.72. The number of rotatable bonds is 5. The van der Waals surface area contributed by atoms with Crippen molar-refractivity contribution >= 4 is 39.9 Å². The fourth-order valence-electron chi connectivity index (χ4n) is 3.96. The summed E-state index contributed by atoms with van der Waals surface area (Å²) in [6.45, 7) is 7.21. The molecule has 1 N–H and O–H groups in total. The number of anilines is 1. The van der Waals surface area contributed by atoms with Gasteiger partial charge in [-0.25, -0.2) is 4.39 Å². The van der Waals surface area contributed by atoms with Gasteiger partial charge in [0.2, 0.25) is 0 Å². The Morgan fingerprint density at radius 3 is 2.81 bits per heavy atom. The van der Waals surface area contributed by atoms with Crippen LogP contribution < -0.4 is 14.8 Å². The van der Waals surface area contributed by atoms with Gasteiger partial charge in [0.1, 0.15) is 18.5 Å². The molecular formula is C23H26BrFN4O2. The van der Waals surface area contributed by atoms with Gasteiger partial charge in [-0.1, -0.05) is 12.5 Å². The lowest BCUT2D eigenvalue weighted by molar-refractivity contribution is 0.0533. The highest BCUT2D eigenvalue weighted by Gasteiger charge is 2.26. The van der Waals surface area contributed by atoms with E-state index in [1.165, 1.54) is 19.3 Å². The molecule has 2 aromatic rings. The molecule has 1 fully saturated rings. The molecule has 0 radical (unpaired) electrons. The smallest absolute Gasteiger partial charge is 0.163 e. The lowest BCUT2D eigenvalue weighted by Gasteiger charge is -2.33. The number of piperidine rings is 1. The van der Waals surface area contributed by atoms with Gasteiger partial charge in [0.25, 0.3) is 0 Å². The van der Waals surface area contributed by atoms with Gasteiger partial charge in [-0.15, -0.1) is 0 Å². The molecule has 4 rings (SSSR count). The monoisotopic (exact) mass is 488 g/mol. The van der Waals surface area contributed by atoms with Crippen LogP contribution in [0.2, 0.25) is 0 Å². The van der Waals surface area contributed by atoms with Crippen LogP contribution in [0.15, 0.2) is 44.8 Å². The standard InChI is InChI=1S/C23H26BrFN4O2/c1-26-19-12-20-21(31-15(14-30-20)13-29-9-4-3-5-10-29)11-16(19)23(27-2)28-18-8-6-7-17(24)22(18)25/h6-8,11-12,15H,1,3-5,9-10,13-14H2,2H3,(H,27,28). The predicted molar refractivity (Wildman–Crippen MR) is 126 cm³/mol. The Bertz CT molecular complexity index is 992. The maximum Gasteiger partial charge on any atom is 0.163 e. The summed E-state index contributed by atoms with van der Waals surface area (Å²) >= 11 is 3.21. The van der Waals surface area contributed by atoms with Crippen LogP contribution in [0.3, 0.4) is 0 Å². The topological polar surface area (TPSA) is 58.5 Å². The van der Waals surface area contributed by atoms with Crippen molar-refractivity contribution in [3.8, 4) is 11.5 Å². The zero-order valence-electron chi connectivity index (χ0n) is 17.5. The maximum absolute atomic E-state index is 14.5. The molecule has 2 aromatic carbocycles. The molecule has 2 aliphatic heterocycles. The first-order valence-electron chi connectivity index (χ1n) is 10.4. The molecule has 164 valence electrons. The predicted octanol–water partition coefficient (Wildman–Crippen LogP) is 5.03. The molecule has 0 spiro atoms. The van der Waals surface area contributed by atoms with E-state index in [-0.39, 0.29) is 6.10 Å². The quantitative estimate of drug-likeness (QED) is 0.473. The number of fused-ring (bicyclic) bond motifs is 1. The highest BCUT2D eigenvalue weighted by atomic mass is 79.9. The van der Waals surface area contributed by atoms with E-state index >= 15 is 0 Å². The van der Waals surface area contributed by atoms with E-state index in [9.17, 15) is 4.39 Å². The SMILES string of the molecule is C=Nc1cc2c(cc1/C(=N\C)Nc1cccc(Br)c1F)OC(CN1CCCCC1)CO2. The lowest BCUT2D eigenvalue weighted by atomic mass is 10.1. The van der Waals surface area contributed by atoms with Gasteiger partial charge in [0.05, 0.1) is 15.8 Å². The summed E-state index contributed by atoms with van der Waals surface area (Å²) in [4.78, 5) is 10.9. The summed E-state index contributed by atoms with van der Waals surface area (Å²) in [7, 11) is 1.64. The summed E-state index contributed by atoms with van der Waals surface area (Å²) in [5.74, 6) is 1.33. The van der Waals surface area contributed by atoms with Crippen LogP contribution in [0.4, 0.5) is 15.8 Å². The number of likely N-dealkylation sites (tertiary alicyclic amines) is 1. The minimum absolute atomic E-state index is 0.0431. The number of aliphatic imine (C=N–C) groups is 2. The zero-order valence-corrected chi connectivity index (χ0v) is 19.1. The van der Waals surface area contributed by atoms with E-state index in [4.69, 9.17) is 9.47 Å². The van der Waals surface area contributed by atoms with Gasteiger partial charge in [-0.2, -0.15) is 0 Å². The summed E-state index contributed by atoms with van der Waals surface area (Å²) in [5, 5.41) is 3.07. The van der Waals surface area contributed by atoms with E-state index < -0.39 is 5.82 Å². The molecule has 1 atom stereocenters. The van der Waals surface area contributed by atoms with Crippen LogP contribution in [-0.2, 0) is 0 Å². The normalized spacial score (nSPS) is 19.2. The Morgan fingerprint density at radius 1 is 1.26 bits per heavy atom. The first-order valence-corrected chi connectivity index (χ1v) is 11.2. The van der Waals surface area contributed by atoms with Crippen molar-refractivity contribution in [2.45, 2.75) is 25.4 Å². The third-order valence-corrected chi connectivity index (χ3v) is 6.16. The lowest BCUT2D eigenvalue weighted by Crippen LogP contribution is -2.43. The first-order chi connectivity index (χ1) is 15.1. The van der Waals surface area contributed by atoms with Gasteiger partial charge in [0.15, 0.2) is 17.3 Å². The first kappa shape index (κ1) is 21.8. The molecule has 0 aromatic heterocycles. The van der Waals surface area contributed by atoms with E-state index in [1.807, 2.05) is 6.07 Å². The van der Waals surface area contributed by atoms with Crippen molar-refractivity contribution in [2.75, 3.05) is 38.6 Å². The molecule has 0 amide bonds. The molecule has 1 saturated heterocycles. The molecule has 0 saturated carbocycles. The minimum atomic E-state index is -0.393. The van der Waals surface area contributed by atoms with E-state index in [0.29, 0.717) is 45.4 Å². The van der Waals surface area contributed by atoms with Crippen LogP contribution in [-0.4, -0.2) is 56.8 Å². The molecule has 0 bridgehead atoms. The molecule has 8 heteroatoms. The summed E-state index contributed by atoms with van der Waals surface area (Å²) in [6, 6.07) is 8.68. The van der Waals surface area contributed by atoms with Gasteiger partial charge >= 0.3 is 0 Å². The molecule has 6 nitrogen and oxygen atoms in total. The number of benzene rings is 2. The highest BCUT2D eigenvalue weighted by Crippen LogP contribution is 2.38. The highest BCUT2D eigenvalue weighted by molar-refractivity contribution is 9.10.